The highest BCUT2D eigenvalue weighted by molar-refractivity contribution is 6.32. The van der Waals surface area contributed by atoms with Crippen LogP contribution in [0.2, 0.25) is 5.02 Å². The lowest BCUT2D eigenvalue weighted by Crippen LogP contribution is -2.04. The first kappa shape index (κ1) is 17.9. The number of halogens is 4. The van der Waals surface area contributed by atoms with Crippen molar-refractivity contribution >= 4 is 23.5 Å². The lowest BCUT2D eigenvalue weighted by Gasteiger charge is -2.08. The van der Waals surface area contributed by atoms with Gasteiger partial charge < -0.3 is 9.84 Å². The summed E-state index contributed by atoms with van der Waals surface area (Å²) in [5, 5.41) is 13.8. The first-order valence-electron chi connectivity index (χ1n) is 6.93. The van der Waals surface area contributed by atoms with E-state index in [1.807, 2.05) is 0 Å². The summed E-state index contributed by atoms with van der Waals surface area (Å²) in [6, 6.07) is 7.50. The number of hydrogen-bond donors (Lipinski definition) is 2. The van der Waals surface area contributed by atoms with Crippen molar-refractivity contribution < 1.29 is 23.0 Å². The normalized spacial score (nSPS) is 11.7. The second kappa shape index (κ2) is 7.44. The van der Waals surface area contributed by atoms with Gasteiger partial charge in [-0.15, -0.1) is 0 Å². The van der Waals surface area contributed by atoms with Gasteiger partial charge in [0.25, 0.3) is 0 Å². The maximum Gasteiger partial charge on any atom is 0.416 e. The van der Waals surface area contributed by atoms with Crippen LogP contribution in [0.1, 0.15) is 18.1 Å². The van der Waals surface area contributed by atoms with Crippen LogP contribution >= 0.6 is 11.6 Å². The summed E-state index contributed by atoms with van der Waals surface area (Å²) < 4.78 is 42.7. The van der Waals surface area contributed by atoms with Gasteiger partial charge in [-0.2, -0.15) is 18.3 Å². The number of phenols is 1. The molecule has 0 radical (unpaired) electrons. The van der Waals surface area contributed by atoms with E-state index < -0.39 is 11.7 Å². The first-order valence-corrected chi connectivity index (χ1v) is 7.30. The number of nitrogens with zero attached hydrogens (tertiary/aromatic N) is 1. The number of aromatic hydroxyl groups is 1. The second-order valence-electron chi connectivity index (χ2n) is 4.73. The number of hydrazone groups is 1. The highest BCUT2D eigenvalue weighted by atomic mass is 35.5. The summed E-state index contributed by atoms with van der Waals surface area (Å²) in [5.41, 5.74) is 2.83. The molecule has 0 atom stereocenters. The fourth-order valence-electron chi connectivity index (χ4n) is 1.85. The Balaban J connectivity index is 2.09. The van der Waals surface area contributed by atoms with Gasteiger partial charge in [-0.3, -0.25) is 5.43 Å². The Labute approximate surface area is 141 Å². The van der Waals surface area contributed by atoms with Crippen LogP contribution in [0.5, 0.6) is 11.5 Å². The third-order valence-corrected chi connectivity index (χ3v) is 3.26. The molecule has 0 fully saturated rings. The number of hydrogen-bond acceptors (Lipinski definition) is 4. The monoisotopic (exact) mass is 358 g/mol. The summed E-state index contributed by atoms with van der Waals surface area (Å²) in [6.07, 6.45) is -2.97. The molecular weight excluding hydrogens is 345 g/mol. The van der Waals surface area contributed by atoms with E-state index in [1.165, 1.54) is 24.4 Å². The fraction of sp³-hybridized carbons (Fsp3) is 0.188. The average molecular weight is 359 g/mol. The molecule has 0 aliphatic rings. The Morgan fingerprint density at radius 2 is 1.92 bits per heavy atom. The minimum Gasteiger partial charge on any atom is -0.503 e. The third kappa shape index (κ3) is 4.55. The van der Waals surface area contributed by atoms with Crippen molar-refractivity contribution in [2.45, 2.75) is 13.1 Å². The summed E-state index contributed by atoms with van der Waals surface area (Å²) in [7, 11) is 0. The number of benzene rings is 2. The van der Waals surface area contributed by atoms with Crippen LogP contribution in [-0.4, -0.2) is 17.9 Å². The van der Waals surface area contributed by atoms with Crippen molar-refractivity contribution in [3.8, 4) is 11.5 Å². The lowest BCUT2D eigenvalue weighted by molar-refractivity contribution is -0.137. The van der Waals surface area contributed by atoms with Crippen LogP contribution in [0.4, 0.5) is 18.9 Å². The van der Waals surface area contributed by atoms with Gasteiger partial charge in [-0.05, 0) is 48.9 Å². The first-order chi connectivity index (χ1) is 11.3. The Hall–Kier alpha value is -2.41. The van der Waals surface area contributed by atoms with Crippen LogP contribution < -0.4 is 10.2 Å². The zero-order valence-electron chi connectivity index (χ0n) is 12.6. The number of phenolic OH excluding ortho intramolecular Hbond substituents is 1. The number of anilines is 1. The quantitative estimate of drug-likeness (QED) is 0.590. The second-order valence-corrected chi connectivity index (χ2v) is 5.13. The molecule has 4 nitrogen and oxygen atoms in total. The van der Waals surface area contributed by atoms with Crippen molar-refractivity contribution in [2.24, 2.45) is 5.10 Å². The molecule has 0 spiro atoms. The Kier molecular flexibility index (Phi) is 5.56. The van der Waals surface area contributed by atoms with E-state index in [9.17, 15) is 18.3 Å². The SMILES string of the molecule is CCOc1cc(C=NNc2ccc(C(F)(F)F)cc2)cc(Cl)c1O. The van der Waals surface area contributed by atoms with E-state index in [1.54, 1.807) is 13.0 Å². The van der Waals surface area contributed by atoms with E-state index in [4.69, 9.17) is 16.3 Å². The molecule has 0 unspecified atom stereocenters. The number of rotatable bonds is 5. The molecule has 0 saturated heterocycles. The molecule has 8 heteroatoms. The van der Waals surface area contributed by atoms with Gasteiger partial charge in [0.05, 0.1) is 29.1 Å². The van der Waals surface area contributed by atoms with E-state index >= 15 is 0 Å². The average Bonchev–Trinajstić information content (AvgIpc) is 2.52. The minimum atomic E-state index is -4.37. The maximum atomic E-state index is 12.5. The molecule has 0 aliphatic carbocycles. The predicted octanol–water partition coefficient (Wildman–Crippen LogP) is 4.91. The Bertz CT molecular complexity index is 731. The zero-order chi connectivity index (χ0) is 17.7. The molecule has 0 saturated carbocycles. The van der Waals surface area contributed by atoms with Gasteiger partial charge in [0, 0.05) is 0 Å². The zero-order valence-corrected chi connectivity index (χ0v) is 13.3. The Morgan fingerprint density at radius 1 is 1.25 bits per heavy atom. The summed E-state index contributed by atoms with van der Waals surface area (Å²) in [5.74, 6) is 0.0624. The van der Waals surface area contributed by atoms with Crippen molar-refractivity contribution in [3.63, 3.8) is 0 Å². The van der Waals surface area contributed by atoms with Crippen LogP contribution in [0.25, 0.3) is 0 Å². The standard InChI is InChI=1S/C16H14ClF3N2O2/c1-2-24-14-8-10(7-13(17)15(14)23)9-21-22-12-5-3-11(4-6-12)16(18,19)20/h3-9,22-23H,2H2,1H3. The summed E-state index contributed by atoms with van der Waals surface area (Å²) in [4.78, 5) is 0. The van der Waals surface area contributed by atoms with Gasteiger partial charge in [-0.1, -0.05) is 11.6 Å². The van der Waals surface area contributed by atoms with E-state index in [2.05, 4.69) is 10.5 Å². The summed E-state index contributed by atoms with van der Waals surface area (Å²) in [6.45, 7) is 2.12. The molecule has 2 N–H and O–H groups in total. The maximum absolute atomic E-state index is 12.5. The van der Waals surface area contributed by atoms with Crippen LogP contribution in [0, 0.1) is 0 Å². The summed E-state index contributed by atoms with van der Waals surface area (Å²) >= 11 is 5.89. The molecule has 2 rings (SSSR count). The van der Waals surface area contributed by atoms with Gasteiger partial charge in [0.1, 0.15) is 0 Å². The van der Waals surface area contributed by atoms with E-state index in [0.717, 1.165) is 12.1 Å². The largest absolute Gasteiger partial charge is 0.503 e. The van der Waals surface area contributed by atoms with Crippen LogP contribution in [-0.2, 0) is 6.18 Å². The Morgan fingerprint density at radius 3 is 2.50 bits per heavy atom. The molecule has 0 aromatic heterocycles. The van der Waals surface area contributed by atoms with Crippen molar-refractivity contribution in [2.75, 3.05) is 12.0 Å². The molecule has 0 bridgehead atoms. The van der Waals surface area contributed by atoms with Gasteiger partial charge in [-0.25, -0.2) is 0 Å². The van der Waals surface area contributed by atoms with E-state index in [-0.39, 0.29) is 16.5 Å². The van der Waals surface area contributed by atoms with Crippen LogP contribution in [0.3, 0.4) is 0 Å². The molecule has 0 heterocycles. The molecule has 2 aromatic rings. The highest BCUT2D eigenvalue weighted by Gasteiger charge is 2.29. The molecule has 128 valence electrons. The molecular formula is C16H14ClF3N2O2. The molecule has 0 amide bonds. The number of ether oxygens (including phenoxy) is 1. The smallest absolute Gasteiger partial charge is 0.416 e. The predicted molar refractivity (Wildman–Crippen MR) is 86.9 cm³/mol. The fourth-order valence-corrected chi connectivity index (χ4v) is 2.07. The number of nitrogens with one attached hydrogen (secondary N) is 1. The van der Waals surface area contributed by atoms with Crippen molar-refractivity contribution in [3.05, 3.63) is 52.5 Å². The van der Waals surface area contributed by atoms with Gasteiger partial charge >= 0.3 is 6.18 Å². The van der Waals surface area contributed by atoms with E-state index in [0.29, 0.717) is 17.9 Å². The van der Waals surface area contributed by atoms with Crippen molar-refractivity contribution in [1.82, 2.24) is 0 Å². The molecule has 24 heavy (non-hydrogen) atoms. The third-order valence-electron chi connectivity index (χ3n) is 2.97. The molecule has 0 aliphatic heterocycles. The van der Waals surface area contributed by atoms with Gasteiger partial charge in [0.15, 0.2) is 11.5 Å². The van der Waals surface area contributed by atoms with Crippen LogP contribution in [0.15, 0.2) is 41.5 Å². The number of alkyl halides is 3. The highest BCUT2D eigenvalue weighted by Crippen LogP contribution is 2.34. The lowest BCUT2D eigenvalue weighted by atomic mass is 10.2. The minimum absolute atomic E-state index is 0.108. The van der Waals surface area contributed by atoms with Crippen molar-refractivity contribution in [1.29, 1.82) is 0 Å². The molecule has 2 aromatic carbocycles. The van der Waals surface area contributed by atoms with Gasteiger partial charge in [0.2, 0.25) is 0 Å². The topological polar surface area (TPSA) is 53.8 Å².